The summed E-state index contributed by atoms with van der Waals surface area (Å²) >= 11 is 1.58. The molecule has 1 aromatic heterocycles. The average Bonchev–Trinajstić information content (AvgIpc) is 2.54. The third-order valence-corrected chi connectivity index (χ3v) is 4.17. The smallest absolute Gasteiger partial charge is 0.191 e. The number of hydrogen-bond acceptors (Lipinski definition) is 5. The van der Waals surface area contributed by atoms with Crippen LogP contribution < -0.4 is 10.2 Å². The largest absolute Gasteiger partial charge is 0.370 e. The zero-order chi connectivity index (χ0) is 14.7. The number of para-hydroxylation sites is 1. The molecule has 21 heavy (non-hydrogen) atoms. The van der Waals surface area contributed by atoms with Crippen molar-refractivity contribution in [3.8, 4) is 0 Å². The highest BCUT2D eigenvalue weighted by molar-refractivity contribution is 7.98. The molecule has 0 bridgehead atoms. The summed E-state index contributed by atoms with van der Waals surface area (Å²) in [6, 6.07) is 10.6. The van der Waals surface area contributed by atoms with Crippen molar-refractivity contribution in [3.05, 3.63) is 35.9 Å². The monoisotopic (exact) mass is 300 g/mol. The van der Waals surface area contributed by atoms with Gasteiger partial charge in [0.15, 0.2) is 5.16 Å². The van der Waals surface area contributed by atoms with Gasteiger partial charge in [-0.1, -0.05) is 30.0 Å². The van der Waals surface area contributed by atoms with Crippen LogP contribution in [0.15, 0.2) is 35.5 Å². The zero-order valence-electron chi connectivity index (χ0n) is 12.5. The van der Waals surface area contributed by atoms with E-state index in [1.54, 1.807) is 11.8 Å². The number of thioether (sulfide) groups is 1. The van der Waals surface area contributed by atoms with Crippen LogP contribution in [0.3, 0.4) is 0 Å². The van der Waals surface area contributed by atoms with E-state index in [0.717, 1.165) is 42.7 Å². The van der Waals surface area contributed by atoms with Crippen LogP contribution in [0.2, 0.25) is 0 Å². The minimum atomic E-state index is 0.812. The van der Waals surface area contributed by atoms with Crippen LogP contribution in [0.1, 0.15) is 18.9 Å². The molecule has 1 aromatic carbocycles. The molecule has 4 nitrogen and oxygen atoms in total. The highest BCUT2D eigenvalue weighted by Gasteiger charge is 2.19. The lowest BCUT2D eigenvalue weighted by Gasteiger charge is -2.30. The third-order valence-electron chi connectivity index (χ3n) is 3.62. The molecule has 110 valence electrons. The van der Waals surface area contributed by atoms with Crippen molar-refractivity contribution in [1.29, 1.82) is 0 Å². The minimum absolute atomic E-state index is 0.812. The predicted molar refractivity (Wildman–Crippen MR) is 89.7 cm³/mol. The summed E-state index contributed by atoms with van der Waals surface area (Å²) in [5.74, 6) is 1.88. The number of hydrogen-bond donors (Lipinski definition) is 1. The van der Waals surface area contributed by atoms with Crippen molar-refractivity contribution in [3.63, 3.8) is 0 Å². The number of aryl methyl sites for hydroxylation is 1. The Hall–Kier alpha value is -1.75. The molecule has 0 spiro atoms. The van der Waals surface area contributed by atoms with Gasteiger partial charge in [0.2, 0.25) is 0 Å². The van der Waals surface area contributed by atoms with Gasteiger partial charge >= 0.3 is 0 Å². The molecule has 0 fully saturated rings. The molecule has 0 amide bonds. The fraction of sp³-hybridized carbons (Fsp3) is 0.375. The van der Waals surface area contributed by atoms with Gasteiger partial charge in [-0.05, 0) is 37.7 Å². The summed E-state index contributed by atoms with van der Waals surface area (Å²) < 4.78 is 0. The molecule has 1 aliphatic heterocycles. The van der Waals surface area contributed by atoms with Gasteiger partial charge in [0.05, 0.1) is 0 Å². The van der Waals surface area contributed by atoms with Crippen molar-refractivity contribution in [1.82, 2.24) is 9.97 Å². The van der Waals surface area contributed by atoms with Gasteiger partial charge in [-0.2, -0.15) is 0 Å². The minimum Gasteiger partial charge on any atom is -0.370 e. The lowest BCUT2D eigenvalue weighted by molar-refractivity contribution is 0.752. The van der Waals surface area contributed by atoms with E-state index in [2.05, 4.69) is 46.4 Å². The lowest BCUT2D eigenvalue weighted by Crippen LogP contribution is -2.25. The van der Waals surface area contributed by atoms with E-state index in [1.807, 2.05) is 12.3 Å². The Morgan fingerprint density at radius 3 is 2.95 bits per heavy atom. The quantitative estimate of drug-likeness (QED) is 0.688. The van der Waals surface area contributed by atoms with Gasteiger partial charge in [-0.15, -0.1) is 0 Å². The Balaban J connectivity index is 2.02. The van der Waals surface area contributed by atoms with Gasteiger partial charge < -0.3 is 10.2 Å². The molecule has 0 aliphatic carbocycles. The lowest BCUT2D eigenvalue weighted by atomic mass is 10.0. The van der Waals surface area contributed by atoms with Crippen LogP contribution in [-0.2, 0) is 6.42 Å². The maximum atomic E-state index is 4.69. The Labute approximate surface area is 130 Å². The first-order chi connectivity index (χ1) is 10.3. The van der Waals surface area contributed by atoms with E-state index in [-0.39, 0.29) is 0 Å². The molecule has 3 rings (SSSR count). The first-order valence-electron chi connectivity index (χ1n) is 7.34. The van der Waals surface area contributed by atoms with Crippen molar-refractivity contribution in [2.45, 2.75) is 24.9 Å². The Morgan fingerprint density at radius 2 is 2.14 bits per heavy atom. The van der Waals surface area contributed by atoms with Crippen LogP contribution in [0.5, 0.6) is 0 Å². The number of nitrogens with zero attached hydrogens (tertiary/aromatic N) is 3. The van der Waals surface area contributed by atoms with Crippen molar-refractivity contribution >= 4 is 29.1 Å². The third kappa shape index (κ3) is 2.97. The summed E-state index contributed by atoms with van der Waals surface area (Å²) in [5, 5.41) is 4.11. The second kappa shape index (κ2) is 6.35. The molecule has 2 aromatic rings. The standard InChI is InChI=1S/C16H20N4S/c1-3-17-14-11-15(19-16(18-14)21-2)20-10-6-8-12-7-4-5-9-13(12)20/h4-5,7,9,11H,3,6,8,10H2,1-2H3,(H,17,18,19). The number of aromatic nitrogens is 2. The molecular formula is C16H20N4S. The summed E-state index contributed by atoms with van der Waals surface area (Å²) in [6.07, 6.45) is 4.32. The normalized spacial score (nSPS) is 13.9. The number of nitrogens with one attached hydrogen (secondary N) is 1. The topological polar surface area (TPSA) is 41.0 Å². The molecule has 0 atom stereocenters. The van der Waals surface area contributed by atoms with Crippen LogP contribution in [0.25, 0.3) is 0 Å². The summed E-state index contributed by atoms with van der Waals surface area (Å²) in [7, 11) is 0. The number of rotatable bonds is 4. The summed E-state index contributed by atoms with van der Waals surface area (Å²) in [4.78, 5) is 11.5. The van der Waals surface area contributed by atoms with Gasteiger partial charge in [-0.3, -0.25) is 0 Å². The average molecular weight is 300 g/mol. The summed E-state index contributed by atoms with van der Waals surface area (Å²) in [6.45, 7) is 3.95. The molecule has 0 unspecified atom stereocenters. The maximum absolute atomic E-state index is 4.69. The van der Waals surface area contributed by atoms with E-state index >= 15 is 0 Å². The van der Waals surface area contributed by atoms with Crippen LogP contribution in [0.4, 0.5) is 17.3 Å². The molecule has 5 heteroatoms. The molecule has 0 radical (unpaired) electrons. The molecule has 2 heterocycles. The van der Waals surface area contributed by atoms with Crippen LogP contribution in [-0.4, -0.2) is 29.3 Å². The van der Waals surface area contributed by atoms with Crippen LogP contribution >= 0.6 is 11.8 Å². The zero-order valence-corrected chi connectivity index (χ0v) is 13.3. The first kappa shape index (κ1) is 14.2. The van der Waals surface area contributed by atoms with E-state index in [1.165, 1.54) is 11.3 Å². The van der Waals surface area contributed by atoms with Gasteiger partial charge in [-0.25, -0.2) is 9.97 Å². The fourth-order valence-corrected chi connectivity index (χ4v) is 3.06. The van der Waals surface area contributed by atoms with E-state index in [0.29, 0.717) is 0 Å². The highest BCUT2D eigenvalue weighted by Crippen LogP contribution is 2.33. The highest BCUT2D eigenvalue weighted by atomic mass is 32.2. The Kier molecular flexibility index (Phi) is 4.29. The number of fused-ring (bicyclic) bond motifs is 1. The van der Waals surface area contributed by atoms with Crippen molar-refractivity contribution in [2.24, 2.45) is 0 Å². The molecular weight excluding hydrogens is 280 g/mol. The molecule has 1 aliphatic rings. The molecule has 0 saturated heterocycles. The second-order valence-electron chi connectivity index (χ2n) is 5.01. The second-order valence-corrected chi connectivity index (χ2v) is 5.79. The molecule has 0 saturated carbocycles. The van der Waals surface area contributed by atoms with Gasteiger partial charge in [0, 0.05) is 24.8 Å². The number of anilines is 3. The Bertz CT molecular complexity index is 629. The van der Waals surface area contributed by atoms with E-state index in [9.17, 15) is 0 Å². The van der Waals surface area contributed by atoms with Crippen LogP contribution in [0, 0.1) is 0 Å². The Morgan fingerprint density at radius 1 is 1.29 bits per heavy atom. The van der Waals surface area contributed by atoms with Crippen molar-refractivity contribution < 1.29 is 0 Å². The van der Waals surface area contributed by atoms with Crippen molar-refractivity contribution in [2.75, 3.05) is 29.6 Å². The van der Waals surface area contributed by atoms with Gasteiger partial charge in [0.1, 0.15) is 11.6 Å². The van der Waals surface area contributed by atoms with E-state index < -0.39 is 0 Å². The van der Waals surface area contributed by atoms with Gasteiger partial charge in [0.25, 0.3) is 0 Å². The summed E-state index contributed by atoms with van der Waals surface area (Å²) in [5.41, 5.74) is 2.68. The van der Waals surface area contributed by atoms with E-state index in [4.69, 9.17) is 4.98 Å². The SMILES string of the molecule is CCNc1cc(N2CCCc3ccccc32)nc(SC)n1. The molecule has 1 N–H and O–H groups in total. The predicted octanol–water partition coefficient (Wildman–Crippen LogP) is 3.71. The fourth-order valence-electron chi connectivity index (χ4n) is 2.69. The maximum Gasteiger partial charge on any atom is 0.191 e. The number of benzene rings is 1. The first-order valence-corrected chi connectivity index (χ1v) is 8.56.